The zero-order chi connectivity index (χ0) is 18.6. The van der Waals surface area contributed by atoms with Crippen LogP contribution in [0, 0.1) is 6.92 Å². The predicted molar refractivity (Wildman–Crippen MR) is 104 cm³/mol. The van der Waals surface area contributed by atoms with E-state index in [-0.39, 0.29) is 10.3 Å². The summed E-state index contributed by atoms with van der Waals surface area (Å²) in [6, 6.07) is 9.34. The van der Waals surface area contributed by atoms with Gasteiger partial charge in [0.1, 0.15) is 10.6 Å². The van der Waals surface area contributed by atoms with Crippen molar-refractivity contribution in [2.24, 2.45) is 0 Å². The Morgan fingerprint density at radius 2 is 2.04 bits per heavy atom. The van der Waals surface area contributed by atoms with Crippen molar-refractivity contribution in [1.82, 2.24) is 4.72 Å². The summed E-state index contributed by atoms with van der Waals surface area (Å²) in [6.07, 6.45) is 1.62. The number of sulfonamides is 1. The van der Waals surface area contributed by atoms with Crippen LogP contribution in [0.1, 0.15) is 30.2 Å². The van der Waals surface area contributed by atoms with Crippen LogP contribution in [0.5, 0.6) is 5.75 Å². The van der Waals surface area contributed by atoms with Gasteiger partial charge < -0.3 is 9.47 Å². The predicted octanol–water partition coefficient (Wildman–Crippen LogP) is 3.48. The molecule has 0 amide bonds. The number of hydrogen-bond donors (Lipinski definition) is 1. The van der Waals surface area contributed by atoms with E-state index in [4.69, 9.17) is 9.47 Å². The molecule has 2 aromatic rings. The minimum atomic E-state index is -3.68. The molecular formula is C19H25NO4S2. The molecule has 0 unspecified atom stereocenters. The van der Waals surface area contributed by atoms with Gasteiger partial charge >= 0.3 is 0 Å². The van der Waals surface area contributed by atoms with Gasteiger partial charge in [0.2, 0.25) is 10.0 Å². The van der Waals surface area contributed by atoms with Gasteiger partial charge in [0, 0.05) is 30.1 Å². The average molecular weight is 396 g/mol. The third-order valence-electron chi connectivity index (χ3n) is 4.78. The van der Waals surface area contributed by atoms with Crippen LogP contribution in [0.3, 0.4) is 0 Å². The smallest absolute Gasteiger partial charge is 0.244 e. The molecule has 0 aliphatic carbocycles. The molecule has 1 N–H and O–H groups in total. The summed E-state index contributed by atoms with van der Waals surface area (Å²) < 4.78 is 39.9. The molecule has 142 valence electrons. The molecule has 0 saturated carbocycles. The maximum absolute atomic E-state index is 13.0. The molecule has 1 saturated heterocycles. The summed E-state index contributed by atoms with van der Waals surface area (Å²) in [5.41, 5.74) is 0.669. The van der Waals surface area contributed by atoms with E-state index in [1.165, 1.54) is 4.88 Å². The van der Waals surface area contributed by atoms with Crippen LogP contribution in [-0.4, -0.2) is 34.8 Å². The summed E-state index contributed by atoms with van der Waals surface area (Å²) in [5.74, 6) is 0.391. The molecule has 0 atom stereocenters. The lowest BCUT2D eigenvalue weighted by Gasteiger charge is -2.36. The van der Waals surface area contributed by atoms with E-state index < -0.39 is 10.0 Å². The first-order valence-corrected chi connectivity index (χ1v) is 11.2. The van der Waals surface area contributed by atoms with Crippen molar-refractivity contribution in [1.29, 1.82) is 0 Å². The SMILES string of the molecule is CCOc1ccc(C)cc1S(=O)(=O)NCC1(c2cccs2)CCOCC1. The summed E-state index contributed by atoms with van der Waals surface area (Å²) in [6.45, 7) is 5.79. The van der Waals surface area contributed by atoms with E-state index in [0.717, 1.165) is 18.4 Å². The second-order valence-corrected chi connectivity index (χ2v) is 9.26. The van der Waals surface area contributed by atoms with Crippen LogP contribution in [0.2, 0.25) is 0 Å². The molecular weight excluding hydrogens is 370 g/mol. The van der Waals surface area contributed by atoms with Gasteiger partial charge in [-0.15, -0.1) is 11.3 Å². The number of thiophene rings is 1. The van der Waals surface area contributed by atoms with Crippen molar-refractivity contribution >= 4 is 21.4 Å². The van der Waals surface area contributed by atoms with E-state index in [2.05, 4.69) is 10.8 Å². The van der Waals surface area contributed by atoms with Crippen LogP contribution < -0.4 is 9.46 Å². The monoisotopic (exact) mass is 395 g/mol. The molecule has 0 spiro atoms. The summed E-state index contributed by atoms with van der Waals surface area (Å²) in [5, 5.41) is 2.04. The highest BCUT2D eigenvalue weighted by atomic mass is 32.2. The van der Waals surface area contributed by atoms with E-state index in [9.17, 15) is 8.42 Å². The molecule has 1 aromatic heterocycles. The van der Waals surface area contributed by atoms with E-state index >= 15 is 0 Å². The molecule has 2 heterocycles. The minimum Gasteiger partial charge on any atom is -0.492 e. The van der Waals surface area contributed by atoms with E-state index in [1.807, 2.05) is 31.4 Å². The highest BCUT2D eigenvalue weighted by Crippen LogP contribution is 2.37. The van der Waals surface area contributed by atoms with Gasteiger partial charge in [-0.2, -0.15) is 0 Å². The highest BCUT2D eigenvalue weighted by Gasteiger charge is 2.37. The number of rotatable bonds is 7. The first-order chi connectivity index (χ1) is 12.5. The number of ether oxygens (including phenoxy) is 2. The molecule has 1 aromatic carbocycles. The Kier molecular flexibility index (Phi) is 6.02. The Morgan fingerprint density at radius 3 is 2.69 bits per heavy atom. The molecule has 0 radical (unpaired) electrons. The van der Waals surface area contributed by atoms with Gasteiger partial charge in [-0.25, -0.2) is 13.1 Å². The summed E-state index contributed by atoms with van der Waals surface area (Å²) in [4.78, 5) is 1.41. The molecule has 5 nitrogen and oxygen atoms in total. The van der Waals surface area contributed by atoms with Crippen LogP contribution in [-0.2, 0) is 20.2 Å². The Hall–Kier alpha value is -1.41. The molecule has 1 aliphatic rings. The largest absolute Gasteiger partial charge is 0.492 e. The lowest BCUT2D eigenvalue weighted by atomic mass is 9.79. The molecule has 7 heteroatoms. The van der Waals surface area contributed by atoms with Crippen molar-refractivity contribution in [3.05, 3.63) is 46.2 Å². The quantitative estimate of drug-likeness (QED) is 0.779. The van der Waals surface area contributed by atoms with Crippen molar-refractivity contribution in [2.45, 2.75) is 37.0 Å². The first kappa shape index (κ1) is 19.4. The van der Waals surface area contributed by atoms with E-state index in [1.54, 1.807) is 23.5 Å². The topological polar surface area (TPSA) is 64.6 Å². The second kappa shape index (κ2) is 8.08. The summed E-state index contributed by atoms with van der Waals surface area (Å²) >= 11 is 1.67. The standard InChI is InChI=1S/C19H25NO4S2/c1-3-24-16-7-6-15(2)13-17(16)26(21,22)20-14-19(8-10-23-11-9-19)18-5-4-12-25-18/h4-7,12-13,20H,3,8-11,14H2,1-2H3. The van der Waals surface area contributed by atoms with Crippen LogP contribution in [0.15, 0.2) is 40.6 Å². The first-order valence-electron chi connectivity index (χ1n) is 8.82. The normalized spacial score (nSPS) is 17.2. The molecule has 26 heavy (non-hydrogen) atoms. The zero-order valence-corrected chi connectivity index (χ0v) is 16.8. The summed E-state index contributed by atoms with van der Waals surface area (Å²) in [7, 11) is -3.68. The van der Waals surface area contributed by atoms with Crippen molar-refractivity contribution < 1.29 is 17.9 Å². The van der Waals surface area contributed by atoms with Crippen molar-refractivity contribution in [3.63, 3.8) is 0 Å². The van der Waals surface area contributed by atoms with Crippen molar-refractivity contribution in [2.75, 3.05) is 26.4 Å². The fourth-order valence-corrected chi connectivity index (χ4v) is 5.61. The maximum atomic E-state index is 13.0. The van der Waals surface area contributed by atoms with Gasteiger partial charge in [0.05, 0.1) is 6.61 Å². The lowest BCUT2D eigenvalue weighted by Crippen LogP contribution is -2.44. The van der Waals surface area contributed by atoms with Gasteiger partial charge in [0.15, 0.2) is 0 Å². The van der Waals surface area contributed by atoms with Crippen molar-refractivity contribution in [3.8, 4) is 5.75 Å². The van der Waals surface area contributed by atoms with Gasteiger partial charge in [-0.05, 0) is 55.8 Å². The molecule has 1 aliphatic heterocycles. The van der Waals surface area contributed by atoms with Gasteiger partial charge in [-0.3, -0.25) is 0 Å². The third kappa shape index (κ3) is 4.11. The molecule has 1 fully saturated rings. The fourth-order valence-electron chi connectivity index (χ4n) is 3.26. The Labute approximate surface area is 159 Å². The van der Waals surface area contributed by atoms with Gasteiger partial charge in [0.25, 0.3) is 0 Å². The van der Waals surface area contributed by atoms with E-state index in [0.29, 0.717) is 32.1 Å². The number of aryl methyl sites for hydroxylation is 1. The Balaban J connectivity index is 1.86. The van der Waals surface area contributed by atoms with Crippen LogP contribution >= 0.6 is 11.3 Å². The Bertz CT molecular complexity index is 825. The Morgan fingerprint density at radius 1 is 1.27 bits per heavy atom. The minimum absolute atomic E-state index is 0.202. The van der Waals surface area contributed by atoms with Crippen LogP contribution in [0.25, 0.3) is 0 Å². The third-order valence-corrected chi connectivity index (χ3v) is 7.32. The lowest BCUT2D eigenvalue weighted by molar-refractivity contribution is 0.0529. The average Bonchev–Trinajstić information content (AvgIpc) is 3.18. The van der Waals surface area contributed by atoms with Gasteiger partial charge in [-0.1, -0.05) is 12.1 Å². The maximum Gasteiger partial charge on any atom is 0.244 e. The fraction of sp³-hybridized carbons (Fsp3) is 0.474. The number of benzene rings is 1. The molecule has 3 rings (SSSR count). The number of hydrogen-bond acceptors (Lipinski definition) is 5. The van der Waals surface area contributed by atoms with Crippen LogP contribution in [0.4, 0.5) is 0 Å². The second-order valence-electron chi connectivity index (χ2n) is 6.58. The zero-order valence-electron chi connectivity index (χ0n) is 15.2. The highest BCUT2D eigenvalue weighted by molar-refractivity contribution is 7.89. The number of nitrogens with one attached hydrogen (secondary N) is 1. The molecule has 0 bridgehead atoms.